The number of rotatable bonds is 4. The number of imidazole rings is 1. The van der Waals surface area contributed by atoms with Crippen LogP contribution in [0.15, 0.2) is 48.9 Å². The standard InChI is InChI=1S/C14H14N2O2/c1-18-14(17)8-7-13-9-15-11-16(13)10-12-5-3-2-4-6-12/h2-9,11H,10H2,1H3/b8-7+. The molecule has 0 spiro atoms. The summed E-state index contributed by atoms with van der Waals surface area (Å²) >= 11 is 0. The highest BCUT2D eigenvalue weighted by molar-refractivity contribution is 5.86. The van der Waals surface area contributed by atoms with Gasteiger partial charge in [0.1, 0.15) is 0 Å². The van der Waals surface area contributed by atoms with Gasteiger partial charge in [-0.25, -0.2) is 9.78 Å². The Morgan fingerprint density at radius 3 is 2.89 bits per heavy atom. The van der Waals surface area contributed by atoms with Crippen LogP contribution in [0.1, 0.15) is 11.3 Å². The third kappa shape index (κ3) is 3.07. The van der Waals surface area contributed by atoms with E-state index in [4.69, 9.17) is 0 Å². The maximum absolute atomic E-state index is 11.0. The van der Waals surface area contributed by atoms with Crippen molar-refractivity contribution < 1.29 is 9.53 Å². The van der Waals surface area contributed by atoms with Crippen LogP contribution in [0, 0.1) is 0 Å². The Kier molecular flexibility index (Phi) is 3.91. The quantitative estimate of drug-likeness (QED) is 0.609. The molecule has 2 aromatic rings. The molecule has 4 heteroatoms. The molecule has 0 bridgehead atoms. The third-order valence-electron chi connectivity index (χ3n) is 2.53. The molecule has 0 amide bonds. The van der Waals surface area contributed by atoms with Crippen LogP contribution in [0.3, 0.4) is 0 Å². The molecule has 1 heterocycles. The Bertz CT molecular complexity index is 544. The number of carbonyl (C=O) groups is 1. The lowest BCUT2D eigenvalue weighted by Crippen LogP contribution is -2.00. The first-order chi connectivity index (χ1) is 8.79. The zero-order valence-electron chi connectivity index (χ0n) is 10.1. The molecule has 2 rings (SSSR count). The average molecular weight is 242 g/mol. The van der Waals surface area contributed by atoms with Crippen molar-refractivity contribution in [3.05, 3.63) is 60.2 Å². The third-order valence-corrected chi connectivity index (χ3v) is 2.53. The van der Waals surface area contributed by atoms with Gasteiger partial charge in [-0.2, -0.15) is 0 Å². The van der Waals surface area contributed by atoms with Crippen molar-refractivity contribution in [3.8, 4) is 0 Å². The number of methoxy groups -OCH3 is 1. The fraction of sp³-hybridized carbons (Fsp3) is 0.143. The van der Waals surface area contributed by atoms with Crippen LogP contribution >= 0.6 is 0 Å². The second-order valence-electron chi connectivity index (χ2n) is 3.79. The van der Waals surface area contributed by atoms with Crippen molar-refractivity contribution in [1.29, 1.82) is 0 Å². The molecule has 0 aliphatic rings. The number of nitrogens with zero attached hydrogens (tertiary/aromatic N) is 2. The summed E-state index contributed by atoms with van der Waals surface area (Å²) in [5, 5.41) is 0. The Hall–Kier alpha value is -2.36. The van der Waals surface area contributed by atoms with Crippen LogP contribution in [0.4, 0.5) is 0 Å². The van der Waals surface area contributed by atoms with E-state index in [0.717, 1.165) is 12.2 Å². The minimum absolute atomic E-state index is 0.373. The second-order valence-corrected chi connectivity index (χ2v) is 3.79. The minimum atomic E-state index is -0.373. The summed E-state index contributed by atoms with van der Waals surface area (Å²) in [6.45, 7) is 0.724. The summed E-state index contributed by atoms with van der Waals surface area (Å²) in [5.74, 6) is -0.373. The van der Waals surface area contributed by atoms with Crippen molar-refractivity contribution in [3.63, 3.8) is 0 Å². The fourth-order valence-corrected chi connectivity index (χ4v) is 1.60. The fourth-order valence-electron chi connectivity index (χ4n) is 1.60. The molecule has 0 unspecified atom stereocenters. The van der Waals surface area contributed by atoms with Crippen LogP contribution in [0.2, 0.25) is 0 Å². The van der Waals surface area contributed by atoms with Crippen molar-refractivity contribution in [2.75, 3.05) is 7.11 Å². The van der Waals surface area contributed by atoms with E-state index in [9.17, 15) is 4.79 Å². The zero-order valence-corrected chi connectivity index (χ0v) is 10.1. The van der Waals surface area contributed by atoms with Crippen molar-refractivity contribution in [2.45, 2.75) is 6.54 Å². The molecule has 0 atom stereocenters. The molecular formula is C14H14N2O2. The predicted octanol–water partition coefficient (Wildman–Crippen LogP) is 2.12. The molecule has 18 heavy (non-hydrogen) atoms. The van der Waals surface area contributed by atoms with E-state index in [2.05, 4.69) is 9.72 Å². The van der Waals surface area contributed by atoms with Crippen molar-refractivity contribution >= 4 is 12.0 Å². The highest BCUT2D eigenvalue weighted by Crippen LogP contribution is 2.07. The molecule has 0 aliphatic carbocycles. The van der Waals surface area contributed by atoms with Gasteiger partial charge in [-0.15, -0.1) is 0 Å². The second kappa shape index (κ2) is 5.82. The molecule has 0 fully saturated rings. The Morgan fingerprint density at radius 1 is 1.39 bits per heavy atom. The van der Waals surface area contributed by atoms with Crippen LogP contribution < -0.4 is 0 Å². The van der Waals surface area contributed by atoms with Crippen LogP contribution in [0.25, 0.3) is 6.08 Å². The molecule has 1 aromatic heterocycles. The number of benzene rings is 1. The van der Waals surface area contributed by atoms with E-state index in [1.54, 1.807) is 18.6 Å². The first-order valence-electron chi connectivity index (χ1n) is 5.59. The number of hydrogen-bond donors (Lipinski definition) is 0. The van der Waals surface area contributed by atoms with E-state index in [1.807, 2.05) is 34.9 Å². The van der Waals surface area contributed by atoms with E-state index in [0.29, 0.717) is 0 Å². The maximum Gasteiger partial charge on any atom is 0.330 e. The average Bonchev–Trinajstić information content (AvgIpc) is 2.84. The van der Waals surface area contributed by atoms with E-state index < -0.39 is 0 Å². The van der Waals surface area contributed by atoms with Gasteiger partial charge < -0.3 is 9.30 Å². The van der Waals surface area contributed by atoms with Gasteiger partial charge in [-0.3, -0.25) is 0 Å². The van der Waals surface area contributed by atoms with Gasteiger partial charge >= 0.3 is 5.97 Å². The predicted molar refractivity (Wildman–Crippen MR) is 68.8 cm³/mol. The summed E-state index contributed by atoms with van der Waals surface area (Å²) in [5.41, 5.74) is 2.05. The lowest BCUT2D eigenvalue weighted by Gasteiger charge is -2.05. The summed E-state index contributed by atoms with van der Waals surface area (Å²) in [7, 11) is 1.36. The molecule has 1 aromatic carbocycles. The summed E-state index contributed by atoms with van der Waals surface area (Å²) in [4.78, 5) is 15.1. The highest BCUT2D eigenvalue weighted by Gasteiger charge is 2.00. The Labute approximate surface area is 106 Å². The Morgan fingerprint density at radius 2 is 2.17 bits per heavy atom. The van der Waals surface area contributed by atoms with Crippen LogP contribution in [-0.2, 0) is 16.1 Å². The smallest absolute Gasteiger partial charge is 0.330 e. The minimum Gasteiger partial charge on any atom is -0.466 e. The number of hydrogen-bond acceptors (Lipinski definition) is 3. The number of esters is 1. The van der Waals surface area contributed by atoms with Crippen LogP contribution in [0.5, 0.6) is 0 Å². The summed E-state index contributed by atoms with van der Waals surface area (Å²) in [6, 6.07) is 10.1. The van der Waals surface area contributed by atoms with Gasteiger partial charge in [0.25, 0.3) is 0 Å². The van der Waals surface area contributed by atoms with Gasteiger partial charge in [0.05, 0.1) is 25.3 Å². The molecule has 0 saturated carbocycles. The molecule has 0 N–H and O–H groups in total. The first kappa shape index (κ1) is 12.1. The monoisotopic (exact) mass is 242 g/mol. The normalized spacial score (nSPS) is 10.7. The van der Waals surface area contributed by atoms with Crippen molar-refractivity contribution in [2.24, 2.45) is 0 Å². The first-order valence-corrected chi connectivity index (χ1v) is 5.59. The van der Waals surface area contributed by atoms with E-state index in [1.165, 1.54) is 18.7 Å². The topological polar surface area (TPSA) is 44.1 Å². The number of carbonyl (C=O) groups excluding carboxylic acids is 1. The summed E-state index contributed by atoms with van der Waals surface area (Å²) < 4.78 is 6.52. The highest BCUT2D eigenvalue weighted by atomic mass is 16.5. The molecule has 4 nitrogen and oxygen atoms in total. The molecule has 92 valence electrons. The van der Waals surface area contributed by atoms with Crippen LogP contribution in [-0.4, -0.2) is 22.6 Å². The van der Waals surface area contributed by atoms with Gasteiger partial charge in [0.2, 0.25) is 0 Å². The number of aromatic nitrogens is 2. The number of ether oxygens (including phenoxy) is 1. The molecule has 0 saturated heterocycles. The molecule has 0 aliphatic heterocycles. The Balaban J connectivity index is 2.13. The van der Waals surface area contributed by atoms with E-state index >= 15 is 0 Å². The van der Waals surface area contributed by atoms with Crippen molar-refractivity contribution in [1.82, 2.24) is 9.55 Å². The van der Waals surface area contributed by atoms with E-state index in [-0.39, 0.29) is 5.97 Å². The summed E-state index contributed by atoms with van der Waals surface area (Å²) in [6.07, 6.45) is 6.53. The van der Waals surface area contributed by atoms with Gasteiger partial charge in [0.15, 0.2) is 0 Å². The van der Waals surface area contributed by atoms with Gasteiger partial charge in [-0.1, -0.05) is 30.3 Å². The lowest BCUT2D eigenvalue weighted by atomic mass is 10.2. The molecule has 0 radical (unpaired) electrons. The van der Waals surface area contributed by atoms with Gasteiger partial charge in [0, 0.05) is 12.6 Å². The lowest BCUT2D eigenvalue weighted by molar-refractivity contribution is -0.134. The zero-order chi connectivity index (χ0) is 12.8. The molecular weight excluding hydrogens is 228 g/mol. The maximum atomic E-state index is 11.0. The SMILES string of the molecule is COC(=O)/C=C/c1cncn1Cc1ccccc1. The van der Waals surface area contributed by atoms with Gasteiger partial charge in [-0.05, 0) is 11.6 Å². The largest absolute Gasteiger partial charge is 0.466 e.